The van der Waals surface area contributed by atoms with Crippen molar-refractivity contribution in [2.45, 2.75) is 32.9 Å². The van der Waals surface area contributed by atoms with E-state index >= 15 is 0 Å². The molecule has 1 unspecified atom stereocenters. The van der Waals surface area contributed by atoms with E-state index in [1.807, 2.05) is 50.2 Å². The second kappa shape index (κ2) is 6.67. The van der Waals surface area contributed by atoms with Crippen LogP contribution in [0, 0.1) is 0 Å². The molecule has 0 radical (unpaired) electrons. The van der Waals surface area contributed by atoms with Crippen LogP contribution in [-0.2, 0) is 17.8 Å². The summed E-state index contributed by atoms with van der Waals surface area (Å²) in [5.41, 5.74) is 3.28. The molecule has 7 nitrogen and oxygen atoms in total. The fourth-order valence-corrected chi connectivity index (χ4v) is 3.17. The summed E-state index contributed by atoms with van der Waals surface area (Å²) in [5, 5.41) is 11.0. The van der Waals surface area contributed by atoms with Gasteiger partial charge in [-0.2, -0.15) is 0 Å². The number of rotatable bonds is 5. The quantitative estimate of drug-likeness (QED) is 0.764. The molecule has 1 aliphatic heterocycles. The summed E-state index contributed by atoms with van der Waals surface area (Å²) < 4.78 is 13.1. The predicted octanol–water partition coefficient (Wildman–Crippen LogP) is 2.79. The summed E-state index contributed by atoms with van der Waals surface area (Å²) in [4.78, 5) is 12.5. The first-order valence-corrected chi connectivity index (χ1v) is 8.68. The second-order valence-electron chi connectivity index (χ2n) is 6.31. The van der Waals surface area contributed by atoms with Gasteiger partial charge in [0, 0.05) is 18.1 Å². The van der Waals surface area contributed by atoms with Gasteiger partial charge in [0.1, 0.15) is 29.7 Å². The molecule has 1 N–H and O–H groups in total. The van der Waals surface area contributed by atoms with Crippen LogP contribution in [0.5, 0.6) is 11.5 Å². The average molecular weight is 352 g/mol. The van der Waals surface area contributed by atoms with Gasteiger partial charge in [0.15, 0.2) is 0 Å². The summed E-state index contributed by atoms with van der Waals surface area (Å²) >= 11 is 0. The summed E-state index contributed by atoms with van der Waals surface area (Å²) in [5.74, 6) is 1.25. The molecule has 0 saturated carbocycles. The number of para-hydroxylation sites is 1. The molecule has 134 valence electrons. The van der Waals surface area contributed by atoms with E-state index in [0.717, 1.165) is 28.8 Å². The van der Waals surface area contributed by atoms with E-state index in [1.54, 1.807) is 4.68 Å². The minimum Gasteiger partial charge on any atom is -0.492 e. The van der Waals surface area contributed by atoms with Crippen molar-refractivity contribution >= 4 is 22.6 Å². The highest BCUT2D eigenvalue weighted by atomic mass is 16.5. The Morgan fingerprint density at radius 3 is 3.08 bits per heavy atom. The molecule has 0 aliphatic carbocycles. The van der Waals surface area contributed by atoms with Gasteiger partial charge in [0.05, 0.1) is 17.8 Å². The number of ether oxygens (including phenoxy) is 2. The topological polar surface area (TPSA) is 78.3 Å². The van der Waals surface area contributed by atoms with Crippen molar-refractivity contribution in [2.24, 2.45) is 0 Å². The zero-order chi connectivity index (χ0) is 18.1. The summed E-state index contributed by atoms with van der Waals surface area (Å²) in [6.45, 7) is 4.53. The lowest BCUT2D eigenvalue weighted by atomic mass is 10.1. The van der Waals surface area contributed by atoms with Crippen LogP contribution in [0.25, 0.3) is 11.0 Å². The number of fused-ring (bicyclic) bond motifs is 2. The molecule has 1 amide bonds. The molecule has 1 atom stereocenters. The number of aromatic nitrogens is 3. The van der Waals surface area contributed by atoms with Gasteiger partial charge in [-0.15, -0.1) is 5.10 Å². The molecule has 1 aromatic heterocycles. The highest BCUT2D eigenvalue weighted by Crippen LogP contribution is 2.38. The lowest BCUT2D eigenvalue weighted by Gasteiger charge is -2.13. The lowest BCUT2D eigenvalue weighted by molar-refractivity contribution is -0.116. The van der Waals surface area contributed by atoms with Gasteiger partial charge in [-0.1, -0.05) is 17.3 Å². The van der Waals surface area contributed by atoms with Crippen LogP contribution >= 0.6 is 0 Å². The zero-order valence-electron chi connectivity index (χ0n) is 14.7. The lowest BCUT2D eigenvalue weighted by Crippen LogP contribution is -2.20. The number of amides is 1. The highest BCUT2D eigenvalue weighted by Gasteiger charge is 2.22. The van der Waals surface area contributed by atoms with Crippen molar-refractivity contribution in [3.63, 3.8) is 0 Å². The van der Waals surface area contributed by atoms with Gasteiger partial charge in [-0.3, -0.25) is 4.79 Å². The molecular weight excluding hydrogens is 332 g/mol. The van der Waals surface area contributed by atoms with Crippen LogP contribution in [0.4, 0.5) is 5.69 Å². The first-order chi connectivity index (χ1) is 12.6. The minimum absolute atomic E-state index is 0.0699. The first kappa shape index (κ1) is 16.4. The second-order valence-corrected chi connectivity index (χ2v) is 6.31. The average Bonchev–Trinajstić information content (AvgIpc) is 3.18. The molecule has 2 aromatic carbocycles. The van der Waals surface area contributed by atoms with Crippen molar-refractivity contribution in [1.82, 2.24) is 15.0 Å². The van der Waals surface area contributed by atoms with Crippen molar-refractivity contribution in [1.29, 1.82) is 0 Å². The molecule has 7 heteroatoms. The third kappa shape index (κ3) is 3.08. The minimum atomic E-state index is -0.201. The molecule has 3 aromatic rings. The molecule has 0 spiro atoms. The van der Waals surface area contributed by atoms with Crippen molar-refractivity contribution < 1.29 is 14.3 Å². The predicted molar refractivity (Wildman–Crippen MR) is 97.6 cm³/mol. The van der Waals surface area contributed by atoms with Gasteiger partial charge in [0.2, 0.25) is 5.91 Å². The summed E-state index contributed by atoms with van der Waals surface area (Å²) in [6.07, 6.45) is 0.973. The van der Waals surface area contributed by atoms with E-state index < -0.39 is 0 Å². The van der Waals surface area contributed by atoms with Gasteiger partial charge < -0.3 is 14.8 Å². The maximum Gasteiger partial charge on any atom is 0.246 e. The van der Waals surface area contributed by atoms with Crippen LogP contribution in [0.15, 0.2) is 36.4 Å². The molecule has 1 aliphatic rings. The third-order valence-corrected chi connectivity index (χ3v) is 4.29. The Balaban J connectivity index is 1.56. The highest BCUT2D eigenvalue weighted by molar-refractivity contribution is 5.93. The fourth-order valence-electron chi connectivity index (χ4n) is 3.17. The Kier molecular flexibility index (Phi) is 4.20. The van der Waals surface area contributed by atoms with Crippen LogP contribution in [0.3, 0.4) is 0 Å². The van der Waals surface area contributed by atoms with Crippen LogP contribution in [0.1, 0.15) is 19.4 Å². The third-order valence-electron chi connectivity index (χ3n) is 4.29. The van der Waals surface area contributed by atoms with Crippen LogP contribution in [-0.4, -0.2) is 33.6 Å². The molecule has 0 bridgehead atoms. The Morgan fingerprint density at radius 1 is 1.38 bits per heavy atom. The SMILES string of the molecule is CCOc1cc2c(cc1NC(=O)Cn1nnc3ccccc31)OC(C)C2. The van der Waals surface area contributed by atoms with E-state index in [1.165, 1.54) is 0 Å². The van der Waals surface area contributed by atoms with E-state index in [9.17, 15) is 4.79 Å². The number of carbonyl (C=O) groups is 1. The number of anilines is 1. The molecular formula is C19H20N4O3. The maximum absolute atomic E-state index is 12.5. The standard InChI is InChI=1S/C19H20N4O3/c1-3-25-18-9-13-8-12(2)26-17(13)10-15(18)20-19(24)11-23-16-7-5-4-6-14(16)21-22-23/h4-7,9-10,12H,3,8,11H2,1-2H3,(H,20,24). The number of hydrogen-bond donors (Lipinski definition) is 1. The number of benzene rings is 2. The van der Waals surface area contributed by atoms with Gasteiger partial charge in [0.25, 0.3) is 0 Å². The van der Waals surface area contributed by atoms with E-state index in [0.29, 0.717) is 18.0 Å². The number of hydrogen-bond acceptors (Lipinski definition) is 5. The number of nitrogens with one attached hydrogen (secondary N) is 1. The largest absolute Gasteiger partial charge is 0.492 e. The van der Waals surface area contributed by atoms with Crippen molar-refractivity contribution in [3.05, 3.63) is 42.0 Å². The van der Waals surface area contributed by atoms with E-state index in [2.05, 4.69) is 15.6 Å². The van der Waals surface area contributed by atoms with Gasteiger partial charge in [-0.05, 0) is 32.0 Å². The first-order valence-electron chi connectivity index (χ1n) is 8.68. The molecule has 4 rings (SSSR count). The Morgan fingerprint density at radius 2 is 2.23 bits per heavy atom. The van der Waals surface area contributed by atoms with Crippen LogP contribution in [0.2, 0.25) is 0 Å². The summed E-state index contributed by atoms with van der Waals surface area (Å²) in [7, 11) is 0. The van der Waals surface area contributed by atoms with Gasteiger partial charge >= 0.3 is 0 Å². The van der Waals surface area contributed by atoms with Crippen molar-refractivity contribution in [2.75, 3.05) is 11.9 Å². The Labute approximate surface area is 150 Å². The Bertz CT molecular complexity index is 967. The molecule has 0 fully saturated rings. The maximum atomic E-state index is 12.5. The Hall–Kier alpha value is -3.09. The molecule has 0 saturated heterocycles. The smallest absolute Gasteiger partial charge is 0.246 e. The van der Waals surface area contributed by atoms with Gasteiger partial charge in [-0.25, -0.2) is 4.68 Å². The van der Waals surface area contributed by atoms with Crippen LogP contribution < -0.4 is 14.8 Å². The summed E-state index contributed by atoms with van der Waals surface area (Å²) in [6, 6.07) is 11.3. The van der Waals surface area contributed by atoms with E-state index in [-0.39, 0.29) is 18.6 Å². The fraction of sp³-hybridized carbons (Fsp3) is 0.316. The van der Waals surface area contributed by atoms with E-state index in [4.69, 9.17) is 9.47 Å². The number of carbonyl (C=O) groups excluding carboxylic acids is 1. The molecule has 2 heterocycles. The monoisotopic (exact) mass is 352 g/mol. The number of nitrogens with zero attached hydrogens (tertiary/aromatic N) is 3. The van der Waals surface area contributed by atoms with Crippen molar-refractivity contribution in [3.8, 4) is 11.5 Å². The molecule has 26 heavy (non-hydrogen) atoms. The zero-order valence-corrected chi connectivity index (χ0v) is 14.7. The normalized spacial score (nSPS) is 15.5.